The molecule has 1 heterocycles. The number of alkyl halides is 3. The van der Waals surface area contributed by atoms with Crippen LogP contribution in [0.4, 0.5) is 27.6 Å². The molecule has 0 fully saturated rings. The monoisotopic (exact) mass is 472 g/mol. The molecule has 0 aliphatic rings. The lowest BCUT2D eigenvalue weighted by Gasteiger charge is -2.19. The second-order valence-corrected chi connectivity index (χ2v) is 7.17. The lowest BCUT2D eigenvalue weighted by Crippen LogP contribution is -2.31. The lowest BCUT2D eigenvalue weighted by molar-refractivity contribution is -0.138. The van der Waals surface area contributed by atoms with Crippen molar-refractivity contribution >= 4 is 17.0 Å². The molecule has 0 saturated carbocycles. The quantitative estimate of drug-likeness (QED) is 0.411. The highest BCUT2D eigenvalue weighted by Crippen LogP contribution is 2.33. The molecule has 1 aromatic heterocycles. The van der Waals surface area contributed by atoms with E-state index in [2.05, 4.69) is 4.99 Å². The third kappa shape index (κ3) is 5.04. The van der Waals surface area contributed by atoms with Gasteiger partial charge >= 0.3 is 6.18 Å². The van der Waals surface area contributed by atoms with E-state index in [0.29, 0.717) is 17.8 Å². The molecule has 0 aliphatic heterocycles. The van der Waals surface area contributed by atoms with E-state index in [9.17, 15) is 32.0 Å². The summed E-state index contributed by atoms with van der Waals surface area (Å²) in [6, 6.07) is 12.9. The van der Waals surface area contributed by atoms with Crippen molar-refractivity contribution in [1.82, 2.24) is 4.57 Å². The Kier molecular flexibility index (Phi) is 6.96. The predicted octanol–water partition coefficient (Wildman–Crippen LogP) is 5.16. The molecule has 0 aliphatic carbocycles. The summed E-state index contributed by atoms with van der Waals surface area (Å²) in [7, 11) is 0. The fourth-order valence-electron chi connectivity index (χ4n) is 3.33. The molecule has 2 aromatic carbocycles. The summed E-state index contributed by atoms with van der Waals surface area (Å²) in [6.07, 6.45) is -4.05. The van der Waals surface area contributed by atoms with Crippen molar-refractivity contribution in [2.75, 3.05) is 0 Å². The zero-order valence-electron chi connectivity index (χ0n) is 17.7. The number of benzene rings is 2. The minimum atomic E-state index is -5.02. The number of hydrogen-bond acceptors (Lipinski definition) is 4. The molecule has 0 unspecified atom stereocenters. The summed E-state index contributed by atoms with van der Waals surface area (Å²) in [5, 5.41) is 9.28. The first-order valence-corrected chi connectivity index (χ1v) is 9.78. The van der Waals surface area contributed by atoms with E-state index in [-0.39, 0.29) is 22.5 Å². The van der Waals surface area contributed by atoms with E-state index in [4.69, 9.17) is 5.73 Å². The average Bonchev–Trinajstić information content (AvgIpc) is 2.77. The van der Waals surface area contributed by atoms with Crippen LogP contribution in [0.1, 0.15) is 29.3 Å². The van der Waals surface area contributed by atoms with Gasteiger partial charge < -0.3 is 10.3 Å². The van der Waals surface area contributed by atoms with Crippen molar-refractivity contribution in [2.24, 2.45) is 10.7 Å². The van der Waals surface area contributed by atoms with Gasteiger partial charge in [-0.3, -0.25) is 9.79 Å². The molecule has 0 saturated heterocycles. The summed E-state index contributed by atoms with van der Waals surface area (Å²) >= 11 is 0. The Hall–Kier alpha value is -4.26. The van der Waals surface area contributed by atoms with Gasteiger partial charge in [-0.1, -0.05) is 24.3 Å². The van der Waals surface area contributed by atoms with E-state index in [1.807, 2.05) is 0 Å². The van der Waals surface area contributed by atoms with Crippen LogP contribution in [0.15, 0.2) is 70.6 Å². The number of aliphatic imine (C=N–C) groups is 1. The first-order chi connectivity index (χ1) is 16.1. The Morgan fingerprint density at radius 3 is 2.38 bits per heavy atom. The first-order valence-electron chi connectivity index (χ1n) is 9.78. The third-order valence-electron chi connectivity index (χ3n) is 4.95. The van der Waals surface area contributed by atoms with Gasteiger partial charge in [0.2, 0.25) is 0 Å². The molecular formula is C24H17F5N4O. The fraction of sp³-hybridized carbons (Fsp3) is 0.125. The number of allylic oxidation sites excluding steroid dienone is 1. The Morgan fingerprint density at radius 2 is 1.82 bits per heavy atom. The first kappa shape index (κ1) is 24.4. The van der Waals surface area contributed by atoms with Crippen LogP contribution < -0.4 is 11.3 Å². The van der Waals surface area contributed by atoms with Gasteiger partial charge in [0.25, 0.3) is 5.56 Å². The summed E-state index contributed by atoms with van der Waals surface area (Å²) < 4.78 is 69.5. The molecule has 0 amide bonds. The number of nitrogens with two attached hydrogens (primary N) is 1. The van der Waals surface area contributed by atoms with Crippen LogP contribution in [0.2, 0.25) is 0 Å². The molecule has 5 nitrogen and oxygen atoms in total. The van der Waals surface area contributed by atoms with E-state index >= 15 is 0 Å². The van der Waals surface area contributed by atoms with E-state index < -0.39 is 41.0 Å². The molecule has 3 rings (SSSR count). The van der Waals surface area contributed by atoms with Gasteiger partial charge in [0, 0.05) is 29.1 Å². The van der Waals surface area contributed by atoms with Crippen molar-refractivity contribution in [1.29, 1.82) is 5.26 Å². The zero-order chi connectivity index (χ0) is 25.0. The maximum atomic E-state index is 14.3. The molecule has 3 aromatic rings. The molecule has 0 bridgehead atoms. The Balaban J connectivity index is 2.30. The molecule has 0 spiro atoms. The standard InChI is InChI=1S/C24H17F5N4O/c1-14(32-17-5-3-2-4-6-17)18(11-30)22-10-20(24(27,28)29)19(12-31)23(34)33(22)13-15-7-8-16(25)9-21(15)26/h2-11H,13,30H2,1H3. The van der Waals surface area contributed by atoms with Crippen LogP contribution in [0, 0.1) is 23.0 Å². The summed E-state index contributed by atoms with van der Waals surface area (Å²) in [5.74, 6) is -1.88. The zero-order valence-corrected chi connectivity index (χ0v) is 17.7. The number of aromatic nitrogens is 1. The van der Waals surface area contributed by atoms with Gasteiger partial charge in [0.05, 0.1) is 23.5 Å². The average molecular weight is 472 g/mol. The number of nitrogens with zero attached hydrogens (tertiary/aromatic N) is 3. The van der Waals surface area contributed by atoms with Crippen LogP contribution in [0.5, 0.6) is 0 Å². The maximum absolute atomic E-state index is 14.3. The summed E-state index contributed by atoms with van der Waals surface area (Å²) in [5.41, 5.74) is 1.89. The highest BCUT2D eigenvalue weighted by molar-refractivity contribution is 6.22. The Bertz CT molecular complexity index is 1380. The van der Waals surface area contributed by atoms with Crippen molar-refractivity contribution in [2.45, 2.75) is 19.6 Å². The molecule has 0 radical (unpaired) electrons. The fourth-order valence-corrected chi connectivity index (χ4v) is 3.33. The van der Waals surface area contributed by atoms with Crippen LogP contribution in [-0.4, -0.2) is 10.3 Å². The van der Waals surface area contributed by atoms with Gasteiger partial charge in [-0.15, -0.1) is 0 Å². The molecule has 2 N–H and O–H groups in total. The van der Waals surface area contributed by atoms with E-state index in [1.54, 1.807) is 30.3 Å². The van der Waals surface area contributed by atoms with Crippen LogP contribution >= 0.6 is 0 Å². The topological polar surface area (TPSA) is 84.2 Å². The van der Waals surface area contributed by atoms with Crippen LogP contribution in [0.3, 0.4) is 0 Å². The van der Waals surface area contributed by atoms with Crippen molar-refractivity contribution < 1.29 is 22.0 Å². The molecule has 0 atom stereocenters. The lowest BCUT2D eigenvalue weighted by atomic mass is 10.0. The number of rotatable bonds is 5. The number of para-hydroxylation sites is 1. The Morgan fingerprint density at radius 1 is 1.15 bits per heavy atom. The van der Waals surface area contributed by atoms with E-state index in [1.165, 1.54) is 13.0 Å². The minimum absolute atomic E-state index is 0.0431. The minimum Gasteiger partial charge on any atom is -0.404 e. The molecule has 10 heteroatoms. The molecule has 34 heavy (non-hydrogen) atoms. The van der Waals surface area contributed by atoms with Gasteiger partial charge in [-0.25, -0.2) is 8.78 Å². The number of nitriles is 1. The molecular weight excluding hydrogens is 455 g/mol. The third-order valence-corrected chi connectivity index (χ3v) is 4.95. The number of halogens is 5. The maximum Gasteiger partial charge on any atom is 0.417 e. The predicted molar refractivity (Wildman–Crippen MR) is 117 cm³/mol. The van der Waals surface area contributed by atoms with Crippen molar-refractivity contribution in [3.63, 3.8) is 0 Å². The Labute approximate surface area is 190 Å². The second kappa shape index (κ2) is 9.70. The van der Waals surface area contributed by atoms with Crippen LogP contribution in [0.25, 0.3) is 5.57 Å². The smallest absolute Gasteiger partial charge is 0.404 e. The largest absolute Gasteiger partial charge is 0.417 e. The van der Waals surface area contributed by atoms with Crippen molar-refractivity contribution in [3.8, 4) is 6.07 Å². The van der Waals surface area contributed by atoms with Gasteiger partial charge in [-0.05, 0) is 31.2 Å². The van der Waals surface area contributed by atoms with Crippen LogP contribution in [-0.2, 0) is 12.7 Å². The van der Waals surface area contributed by atoms with Gasteiger partial charge in [-0.2, -0.15) is 18.4 Å². The normalized spacial score (nSPS) is 12.5. The highest BCUT2D eigenvalue weighted by Gasteiger charge is 2.37. The summed E-state index contributed by atoms with van der Waals surface area (Å²) in [4.78, 5) is 17.3. The highest BCUT2D eigenvalue weighted by atomic mass is 19.4. The number of pyridine rings is 1. The van der Waals surface area contributed by atoms with Gasteiger partial charge in [0.15, 0.2) is 0 Å². The van der Waals surface area contributed by atoms with Crippen molar-refractivity contribution in [3.05, 3.63) is 105 Å². The second-order valence-electron chi connectivity index (χ2n) is 7.17. The summed E-state index contributed by atoms with van der Waals surface area (Å²) in [6.45, 7) is 0.896. The molecule has 174 valence electrons. The SMILES string of the molecule is CC(=Nc1ccccc1)C(=CN)c1cc(C(F)(F)F)c(C#N)c(=O)n1Cc1ccc(F)cc1F. The van der Waals surface area contributed by atoms with Gasteiger partial charge in [0.1, 0.15) is 23.3 Å². The number of hydrogen-bond donors (Lipinski definition) is 1. The van der Waals surface area contributed by atoms with E-state index in [0.717, 1.165) is 22.9 Å².